The summed E-state index contributed by atoms with van der Waals surface area (Å²) in [7, 11) is 0. The van der Waals surface area contributed by atoms with Crippen LogP contribution in [0.3, 0.4) is 0 Å². The third-order valence-corrected chi connectivity index (χ3v) is 7.91. The number of hydrogen-bond acceptors (Lipinski definition) is 7. The molecular weight excluding hydrogens is 534 g/mol. The topological polar surface area (TPSA) is 118 Å². The summed E-state index contributed by atoms with van der Waals surface area (Å²) < 4.78 is 0. The van der Waals surface area contributed by atoms with E-state index in [1.807, 2.05) is 36.4 Å². The Labute approximate surface area is 245 Å². The van der Waals surface area contributed by atoms with Crippen LogP contribution in [0.15, 0.2) is 60.9 Å². The number of rotatable bonds is 12. The predicted octanol–water partition coefficient (Wildman–Crippen LogP) is 6.51. The third kappa shape index (κ3) is 8.27. The van der Waals surface area contributed by atoms with Crippen molar-refractivity contribution in [1.29, 1.82) is 0 Å². The molecule has 2 aromatic carbocycles. The van der Waals surface area contributed by atoms with Gasteiger partial charge in [-0.2, -0.15) is 0 Å². The van der Waals surface area contributed by atoms with E-state index in [-0.39, 0.29) is 11.8 Å². The molecule has 0 fully saturated rings. The van der Waals surface area contributed by atoms with Crippen LogP contribution in [0.5, 0.6) is 0 Å². The number of nitrogens with zero attached hydrogens (tertiary/aromatic N) is 4. The first-order valence-electron chi connectivity index (χ1n) is 14.0. The minimum absolute atomic E-state index is 0.0338. The molecule has 0 bridgehead atoms. The van der Waals surface area contributed by atoms with Crippen LogP contribution >= 0.6 is 11.3 Å². The van der Waals surface area contributed by atoms with Crippen LogP contribution in [0.1, 0.15) is 79.9 Å². The monoisotopic (exact) mass is 571 g/mol. The molecule has 9 heteroatoms. The number of nitrogens with one attached hydrogen (secondary N) is 1. The van der Waals surface area contributed by atoms with Gasteiger partial charge in [0, 0.05) is 41.9 Å². The molecule has 2 aromatic heterocycles. The zero-order valence-electron chi connectivity index (χ0n) is 24.1. The van der Waals surface area contributed by atoms with E-state index < -0.39 is 17.9 Å². The van der Waals surface area contributed by atoms with Crippen LogP contribution in [-0.4, -0.2) is 43.2 Å². The second-order valence-electron chi connectivity index (χ2n) is 11.2. The molecule has 0 saturated heterocycles. The van der Waals surface area contributed by atoms with Gasteiger partial charge in [-0.15, -0.1) is 10.2 Å². The van der Waals surface area contributed by atoms with Crippen molar-refractivity contribution in [3.63, 3.8) is 0 Å². The average Bonchev–Trinajstić information content (AvgIpc) is 3.44. The quantitative estimate of drug-likeness (QED) is 0.186. The van der Waals surface area contributed by atoms with Crippen LogP contribution in [0.25, 0.3) is 22.0 Å². The van der Waals surface area contributed by atoms with Gasteiger partial charge in [-0.1, -0.05) is 94.7 Å². The largest absolute Gasteiger partial charge is 0.480 e. The Morgan fingerprint density at radius 3 is 2.20 bits per heavy atom. The van der Waals surface area contributed by atoms with Crippen LogP contribution in [0, 0.1) is 0 Å². The molecular formula is C32H37N5O3S. The number of aromatic nitrogens is 4. The Morgan fingerprint density at radius 2 is 1.59 bits per heavy atom. The number of aliphatic carboxylic acids is 1. The molecule has 0 aliphatic rings. The molecule has 2 N–H and O–H groups in total. The van der Waals surface area contributed by atoms with E-state index in [9.17, 15) is 14.7 Å². The molecule has 41 heavy (non-hydrogen) atoms. The Balaban J connectivity index is 1.36. The van der Waals surface area contributed by atoms with Crippen molar-refractivity contribution in [1.82, 2.24) is 25.5 Å². The zero-order chi connectivity index (χ0) is 29.4. The second kappa shape index (κ2) is 13.6. The van der Waals surface area contributed by atoms with Crippen molar-refractivity contribution in [3.8, 4) is 22.0 Å². The number of amides is 1. The van der Waals surface area contributed by atoms with Crippen molar-refractivity contribution in [3.05, 3.63) is 82.6 Å². The lowest BCUT2D eigenvalue weighted by molar-refractivity contribution is -0.139. The fraction of sp³-hybridized carbons (Fsp3) is 0.375. The third-order valence-electron chi connectivity index (χ3n) is 6.88. The van der Waals surface area contributed by atoms with E-state index in [1.54, 1.807) is 35.9 Å². The molecule has 4 aromatic rings. The normalized spacial score (nSPS) is 12.2. The smallest absolute Gasteiger partial charge is 0.326 e. The molecule has 0 aliphatic heterocycles. The van der Waals surface area contributed by atoms with Gasteiger partial charge < -0.3 is 10.4 Å². The second-order valence-corrected chi connectivity index (χ2v) is 12.3. The van der Waals surface area contributed by atoms with Gasteiger partial charge in [0.15, 0.2) is 10.8 Å². The summed E-state index contributed by atoms with van der Waals surface area (Å²) >= 11 is 1.58. The number of hydrogen-bond donors (Lipinski definition) is 2. The molecule has 0 spiro atoms. The number of unbranched alkanes of at least 4 members (excludes halogenated alkanes) is 3. The number of carboxylic acid groups (broad SMARTS) is 1. The van der Waals surface area contributed by atoms with Gasteiger partial charge in [0.1, 0.15) is 11.0 Å². The molecule has 214 valence electrons. The summed E-state index contributed by atoms with van der Waals surface area (Å²) in [6.07, 6.45) is 9.38. The van der Waals surface area contributed by atoms with Crippen molar-refractivity contribution in [2.24, 2.45) is 0 Å². The van der Waals surface area contributed by atoms with E-state index in [2.05, 4.69) is 53.2 Å². The minimum atomic E-state index is -1.09. The minimum Gasteiger partial charge on any atom is -0.480 e. The van der Waals surface area contributed by atoms with Crippen LogP contribution < -0.4 is 5.32 Å². The first-order valence-corrected chi connectivity index (χ1v) is 14.8. The molecule has 1 amide bonds. The van der Waals surface area contributed by atoms with E-state index in [0.717, 1.165) is 45.1 Å². The first kappa shape index (κ1) is 30.0. The molecule has 8 nitrogen and oxygen atoms in total. The van der Waals surface area contributed by atoms with Crippen molar-refractivity contribution in [2.75, 3.05) is 0 Å². The highest BCUT2D eigenvalue weighted by Gasteiger charge is 2.22. The SMILES string of the molecule is CCCCCCc1nnc(-c2cnc(-c3ccc(C[C@H](NC(=O)c4ccc(C(C)(C)C)cc4)C(=O)O)cc3)nc2)s1. The maximum absolute atomic E-state index is 12.8. The van der Waals surface area contributed by atoms with Crippen molar-refractivity contribution in [2.45, 2.75) is 77.7 Å². The molecule has 0 unspecified atom stereocenters. The van der Waals surface area contributed by atoms with Gasteiger partial charge in [0.2, 0.25) is 0 Å². The number of benzene rings is 2. The lowest BCUT2D eigenvalue weighted by atomic mass is 9.86. The van der Waals surface area contributed by atoms with E-state index in [0.29, 0.717) is 11.4 Å². The fourth-order valence-corrected chi connectivity index (χ4v) is 5.21. The van der Waals surface area contributed by atoms with Crippen LogP contribution in [-0.2, 0) is 23.1 Å². The van der Waals surface area contributed by atoms with Gasteiger partial charge >= 0.3 is 5.97 Å². The lowest BCUT2D eigenvalue weighted by Gasteiger charge is -2.19. The zero-order valence-corrected chi connectivity index (χ0v) is 24.9. The van der Waals surface area contributed by atoms with Crippen LogP contribution in [0.4, 0.5) is 0 Å². The van der Waals surface area contributed by atoms with Crippen molar-refractivity contribution >= 4 is 23.2 Å². The maximum atomic E-state index is 12.8. The summed E-state index contributed by atoms with van der Waals surface area (Å²) in [5.74, 6) is -0.943. The average molecular weight is 572 g/mol. The van der Waals surface area contributed by atoms with Gasteiger partial charge in [-0.3, -0.25) is 4.79 Å². The Morgan fingerprint density at radius 1 is 0.902 bits per heavy atom. The highest BCUT2D eigenvalue weighted by Crippen LogP contribution is 2.25. The first-order chi connectivity index (χ1) is 19.6. The maximum Gasteiger partial charge on any atom is 0.326 e. The Hall–Kier alpha value is -3.98. The Kier molecular flexibility index (Phi) is 9.94. The predicted molar refractivity (Wildman–Crippen MR) is 162 cm³/mol. The Bertz CT molecular complexity index is 1440. The number of carboxylic acids is 1. The standard InChI is InChI=1S/C32H37N5O3S/c1-5-6-7-8-9-27-36-37-30(41-27)24-19-33-28(34-20-24)22-12-10-21(11-13-22)18-26(31(39)40)35-29(38)23-14-16-25(17-15-23)32(2,3)4/h10-17,19-20,26H,5-9,18H2,1-4H3,(H,35,38)(H,39,40)/t26-/m0/s1. The molecule has 0 saturated carbocycles. The highest BCUT2D eigenvalue weighted by molar-refractivity contribution is 7.14. The summed E-state index contributed by atoms with van der Waals surface area (Å²) in [6.45, 7) is 8.49. The van der Waals surface area contributed by atoms with Gasteiger partial charge in [0.05, 0.1) is 0 Å². The van der Waals surface area contributed by atoms with E-state index in [4.69, 9.17) is 0 Å². The van der Waals surface area contributed by atoms with E-state index >= 15 is 0 Å². The molecule has 1 atom stereocenters. The molecule has 0 aliphatic carbocycles. The molecule has 4 rings (SSSR count). The number of aryl methyl sites for hydroxylation is 1. The summed E-state index contributed by atoms with van der Waals surface area (Å²) in [5, 5.41) is 22.9. The van der Waals surface area contributed by atoms with Gasteiger partial charge in [-0.25, -0.2) is 14.8 Å². The summed E-state index contributed by atoms with van der Waals surface area (Å²) in [5.41, 5.74) is 3.91. The molecule has 2 heterocycles. The fourth-order valence-electron chi connectivity index (χ4n) is 4.35. The number of carbonyl (C=O) groups is 2. The van der Waals surface area contributed by atoms with Gasteiger partial charge in [0.25, 0.3) is 5.91 Å². The van der Waals surface area contributed by atoms with Crippen LogP contribution in [0.2, 0.25) is 0 Å². The van der Waals surface area contributed by atoms with E-state index in [1.165, 1.54) is 19.3 Å². The lowest BCUT2D eigenvalue weighted by Crippen LogP contribution is -2.42. The summed E-state index contributed by atoms with van der Waals surface area (Å²) in [4.78, 5) is 33.7. The number of carbonyl (C=O) groups excluding carboxylic acids is 1. The summed E-state index contributed by atoms with van der Waals surface area (Å²) in [6, 6.07) is 13.6. The van der Waals surface area contributed by atoms with Gasteiger partial charge in [-0.05, 0) is 35.1 Å². The highest BCUT2D eigenvalue weighted by atomic mass is 32.1. The van der Waals surface area contributed by atoms with Crippen molar-refractivity contribution < 1.29 is 14.7 Å². The molecule has 0 radical (unpaired) electrons.